The number of aliphatic imine (C=N–C) groups is 1. The van der Waals surface area contributed by atoms with Gasteiger partial charge in [0.15, 0.2) is 0 Å². The number of phenols is 1. The van der Waals surface area contributed by atoms with Gasteiger partial charge >= 0.3 is 0 Å². The molecule has 1 aliphatic heterocycles. The van der Waals surface area contributed by atoms with Crippen LogP contribution in [0.3, 0.4) is 0 Å². The first kappa shape index (κ1) is 20.9. The molecular formula is C24H22BrClN2O2. The molecule has 2 atom stereocenters. The lowest BCUT2D eigenvalue weighted by molar-refractivity contribution is 0.340. The van der Waals surface area contributed by atoms with Gasteiger partial charge in [-0.3, -0.25) is 10.3 Å². The summed E-state index contributed by atoms with van der Waals surface area (Å²) >= 11 is 9.99. The maximum absolute atomic E-state index is 10.5. The van der Waals surface area contributed by atoms with Crippen molar-refractivity contribution in [1.82, 2.24) is 5.32 Å². The summed E-state index contributed by atoms with van der Waals surface area (Å²) in [6.45, 7) is 2.59. The van der Waals surface area contributed by atoms with Crippen LogP contribution in [0.15, 0.2) is 76.2 Å². The normalized spacial score (nSPS) is 18.7. The molecule has 0 fully saturated rings. The lowest BCUT2D eigenvalue weighted by Crippen LogP contribution is -2.33. The van der Waals surface area contributed by atoms with Gasteiger partial charge in [-0.15, -0.1) is 0 Å². The summed E-state index contributed by atoms with van der Waals surface area (Å²) in [4.78, 5) is 4.97. The highest BCUT2D eigenvalue weighted by Gasteiger charge is 2.28. The Morgan fingerprint density at radius 3 is 2.60 bits per heavy atom. The second-order valence-corrected chi connectivity index (χ2v) is 8.41. The molecule has 0 saturated heterocycles. The van der Waals surface area contributed by atoms with Crippen LogP contribution in [-0.2, 0) is 0 Å². The topological polar surface area (TPSA) is 53.8 Å². The van der Waals surface area contributed by atoms with Gasteiger partial charge < -0.3 is 9.84 Å². The Morgan fingerprint density at radius 2 is 1.87 bits per heavy atom. The number of halogens is 2. The Balaban J connectivity index is 1.75. The number of nitrogens with zero attached hydrogens (tertiary/aromatic N) is 1. The highest BCUT2D eigenvalue weighted by Crippen LogP contribution is 2.37. The second kappa shape index (κ2) is 9.21. The van der Waals surface area contributed by atoms with Gasteiger partial charge in [0.1, 0.15) is 17.7 Å². The lowest BCUT2D eigenvalue weighted by Gasteiger charge is -2.31. The third-order valence-corrected chi connectivity index (χ3v) is 5.94. The summed E-state index contributed by atoms with van der Waals surface area (Å²) < 4.78 is 6.48. The van der Waals surface area contributed by atoms with E-state index in [1.54, 1.807) is 6.07 Å². The van der Waals surface area contributed by atoms with Crippen molar-refractivity contribution in [3.63, 3.8) is 0 Å². The van der Waals surface area contributed by atoms with Gasteiger partial charge in [-0.25, -0.2) is 0 Å². The number of benzene rings is 3. The summed E-state index contributed by atoms with van der Waals surface area (Å²) in [6, 6.07) is 21.0. The van der Waals surface area contributed by atoms with E-state index in [4.69, 9.17) is 21.3 Å². The van der Waals surface area contributed by atoms with Crippen molar-refractivity contribution in [2.24, 2.45) is 4.99 Å². The fourth-order valence-corrected chi connectivity index (χ4v) is 4.27. The molecule has 0 radical (unpaired) electrons. The minimum absolute atomic E-state index is 0.122. The molecule has 0 amide bonds. The molecule has 154 valence electrons. The zero-order chi connectivity index (χ0) is 21.1. The van der Waals surface area contributed by atoms with Crippen molar-refractivity contribution in [2.75, 3.05) is 6.61 Å². The van der Waals surface area contributed by atoms with Crippen LogP contribution in [0.25, 0.3) is 0 Å². The first-order valence-corrected chi connectivity index (χ1v) is 11.0. The molecule has 0 spiro atoms. The van der Waals surface area contributed by atoms with E-state index in [0.717, 1.165) is 32.6 Å². The Bertz CT molecular complexity index is 1070. The molecule has 0 saturated carbocycles. The van der Waals surface area contributed by atoms with Crippen molar-refractivity contribution in [3.05, 3.63) is 92.9 Å². The number of hydrogen-bond donors (Lipinski definition) is 2. The van der Waals surface area contributed by atoms with Crippen LogP contribution in [0.2, 0.25) is 5.02 Å². The van der Waals surface area contributed by atoms with Crippen molar-refractivity contribution in [2.45, 2.75) is 25.6 Å². The molecule has 30 heavy (non-hydrogen) atoms. The van der Waals surface area contributed by atoms with Crippen LogP contribution in [-0.4, -0.2) is 17.4 Å². The molecule has 0 bridgehead atoms. The third-order valence-electron chi connectivity index (χ3n) is 5.10. The Labute approximate surface area is 189 Å². The smallest absolute Gasteiger partial charge is 0.127 e. The van der Waals surface area contributed by atoms with E-state index in [1.807, 2.05) is 67.6 Å². The van der Waals surface area contributed by atoms with E-state index in [1.165, 1.54) is 0 Å². The fourth-order valence-electron chi connectivity index (χ4n) is 3.65. The monoisotopic (exact) mass is 484 g/mol. The van der Waals surface area contributed by atoms with Gasteiger partial charge in [-0.1, -0.05) is 45.7 Å². The van der Waals surface area contributed by atoms with Crippen LogP contribution < -0.4 is 10.1 Å². The van der Waals surface area contributed by atoms with Gasteiger partial charge in [0.05, 0.1) is 6.61 Å². The number of ether oxygens (including phenoxy) is 1. The van der Waals surface area contributed by atoms with Crippen molar-refractivity contribution in [3.8, 4) is 11.5 Å². The van der Waals surface area contributed by atoms with E-state index in [-0.39, 0.29) is 18.0 Å². The zero-order valence-corrected chi connectivity index (χ0v) is 18.8. The zero-order valence-electron chi connectivity index (χ0n) is 16.5. The standard InChI is InChI=1S/C24H22BrClN2O2/c1-2-30-17-10-7-15(8-11-17)21-14-22(19-13-16(25)9-12-23(19)29)28-24(27-21)18-5-3-4-6-20(18)26/h3-13,22,24,28-29H,2,14H2,1H3. The van der Waals surface area contributed by atoms with E-state index in [2.05, 4.69) is 21.2 Å². The van der Waals surface area contributed by atoms with E-state index in [9.17, 15) is 5.11 Å². The minimum Gasteiger partial charge on any atom is -0.508 e. The average molecular weight is 486 g/mol. The molecule has 0 aromatic heterocycles. The van der Waals surface area contributed by atoms with Crippen molar-refractivity contribution < 1.29 is 9.84 Å². The van der Waals surface area contributed by atoms with Gasteiger partial charge in [-0.2, -0.15) is 0 Å². The van der Waals surface area contributed by atoms with Gasteiger partial charge in [0, 0.05) is 38.8 Å². The summed E-state index contributed by atoms with van der Waals surface area (Å²) in [5, 5.41) is 14.7. The van der Waals surface area contributed by atoms with Crippen LogP contribution in [0.1, 0.15) is 42.2 Å². The number of nitrogens with one attached hydrogen (secondary N) is 1. The number of hydrogen-bond acceptors (Lipinski definition) is 4. The molecule has 2 unspecified atom stereocenters. The molecule has 4 nitrogen and oxygen atoms in total. The maximum Gasteiger partial charge on any atom is 0.127 e. The van der Waals surface area contributed by atoms with E-state index < -0.39 is 0 Å². The predicted octanol–water partition coefficient (Wildman–Crippen LogP) is 6.43. The summed E-state index contributed by atoms with van der Waals surface area (Å²) in [7, 11) is 0. The largest absolute Gasteiger partial charge is 0.508 e. The van der Waals surface area contributed by atoms with Gasteiger partial charge in [0.2, 0.25) is 0 Å². The first-order valence-electron chi connectivity index (χ1n) is 9.84. The highest BCUT2D eigenvalue weighted by atomic mass is 79.9. The van der Waals surface area contributed by atoms with Gasteiger partial charge in [0.25, 0.3) is 0 Å². The molecule has 4 rings (SSSR count). The number of phenolic OH excluding ortho intramolecular Hbond substituents is 1. The maximum atomic E-state index is 10.5. The Morgan fingerprint density at radius 1 is 1.10 bits per heavy atom. The molecule has 3 aromatic rings. The van der Waals surface area contributed by atoms with Crippen LogP contribution in [0.4, 0.5) is 0 Å². The van der Waals surface area contributed by atoms with Crippen molar-refractivity contribution >= 4 is 33.2 Å². The second-order valence-electron chi connectivity index (χ2n) is 7.08. The third kappa shape index (κ3) is 4.53. The molecule has 1 aliphatic rings. The van der Waals surface area contributed by atoms with E-state index in [0.29, 0.717) is 18.1 Å². The lowest BCUT2D eigenvalue weighted by atomic mass is 9.93. The van der Waals surface area contributed by atoms with Crippen LogP contribution in [0, 0.1) is 0 Å². The molecule has 6 heteroatoms. The molecule has 0 aliphatic carbocycles. The number of rotatable bonds is 5. The Kier molecular flexibility index (Phi) is 6.42. The highest BCUT2D eigenvalue weighted by molar-refractivity contribution is 9.10. The molecule has 3 aromatic carbocycles. The van der Waals surface area contributed by atoms with Gasteiger partial charge in [-0.05, 0) is 61.0 Å². The first-order chi connectivity index (χ1) is 14.5. The Hall–Kier alpha value is -2.34. The minimum atomic E-state index is -0.322. The van der Waals surface area contributed by atoms with Crippen molar-refractivity contribution in [1.29, 1.82) is 0 Å². The number of aromatic hydroxyl groups is 1. The predicted molar refractivity (Wildman–Crippen MR) is 125 cm³/mol. The molecular weight excluding hydrogens is 464 g/mol. The SMILES string of the molecule is CCOc1ccc(C2=NC(c3ccccc3Cl)NC(c3cc(Br)ccc3O)C2)cc1. The summed E-state index contributed by atoms with van der Waals surface area (Å²) in [5.74, 6) is 1.08. The quantitative estimate of drug-likeness (QED) is 0.438. The summed E-state index contributed by atoms with van der Waals surface area (Å²) in [5.41, 5.74) is 3.70. The summed E-state index contributed by atoms with van der Waals surface area (Å²) in [6.07, 6.45) is 0.316. The average Bonchev–Trinajstić information content (AvgIpc) is 2.76. The molecule has 2 N–H and O–H groups in total. The fraction of sp³-hybridized carbons (Fsp3) is 0.208. The molecule has 1 heterocycles. The van der Waals surface area contributed by atoms with Crippen LogP contribution >= 0.6 is 27.5 Å². The van der Waals surface area contributed by atoms with Crippen LogP contribution in [0.5, 0.6) is 11.5 Å². The van der Waals surface area contributed by atoms with E-state index >= 15 is 0 Å².